The molecule has 2 aromatic rings. The Morgan fingerprint density at radius 2 is 1.48 bits per heavy atom. The summed E-state index contributed by atoms with van der Waals surface area (Å²) >= 11 is 0. The van der Waals surface area contributed by atoms with Crippen molar-refractivity contribution < 1.29 is 19.5 Å². The van der Waals surface area contributed by atoms with Gasteiger partial charge in [0.1, 0.15) is 0 Å². The first-order valence-corrected chi connectivity index (χ1v) is 7.56. The standard InChI is InChI=1S/C19H18N2O4/c1-12(22)20-16-9-7-14(8-10-16)17(19(24)25)11-15-5-3-4-6-18(15)21-13(2)23/h3-11H,1-2H3,(H,20,22)(H,21,23)(H,24,25)/b17-11+. The molecule has 25 heavy (non-hydrogen) atoms. The predicted molar refractivity (Wildman–Crippen MR) is 97.0 cm³/mol. The number of carbonyl (C=O) groups excluding carboxylic acids is 2. The van der Waals surface area contributed by atoms with Gasteiger partial charge < -0.3 is 15.7 Å². The summed E-state index contributed by atoms with van der Waals surface area (Å²) in [6, 6.07) is 13.4. The molecule has 0 fully saturated rings. The van der Waals surface area contributed by atoms with Crippen LogP contribution in [0, 0.1) is 0 Å². The van der Waals surface area contributed by atoms with Crippen molar-refractivity contribution in [2.75, 3.05) is 10.6 Å². The average molecular weight is 338 g/mol. The number of amides is 2. The van der Waals surface area contributed by atoms with E-state index in [9.17, 15) is 19.5 Å². The molecule has 6 nitrogen and oxygen atoms in total. The van der Waals surface area contributed by atoms with E-state index >= 15 is 0 Å². The summed E-state index contributed by atoms with van der Waals surface area (Å²) in [7, 11) is 0. The highest BCUT2D eigenvalue weighted by Crippen LogP contribution is 2.24. The van der Waals surface area contributed by atoms with Crippen molar-refractivity contribution in [2.45, 2.75) is 13.8 Å². The van der Waals surface area contributed by atoms with Gasteiger partial charge in [0.05, 0.1) is 5.57 Å². The molecule has 2 aromatic carbocycles. The van der Waals surface area contributed by atoms with Crippen LogP contribution in [-0.2, 0) is 14.4 Å². The van der Waals surface area contributed by atoms with Gasteiger partial charge in [-0.25, -0.2) is 4.79 Å². The number of nitrogens with one attached hydrogen (secondary N) is 2. The molecule has 0 heterocycles. The van der Waals surface area contributed by atoms with Gasteiger partial charge in [0, 0.05) is 25.2 Å². The van der Waals surface area contributed by atoms with Crippen LogP contribution in [0.5, 0.6) is 0 Å². The molecule has 0 unspecified atom stereocenters. The molecule has 0 aliphatic carbocycles. The highest BCUT2D eigenvalue weighted by molar-refractivity contribution is 6.21. The third-order valence-corrected chi connectivity index (χ3v) is 3.32. The number of aliphatic carboxylic acids is 1. The second-order valence-corrected chi connectivity index (χ2v) is 5.39. The second-order valence-electron chi connectivity index (χ2n) is 5.39. The number of para-hydroxylation sites is 1. The molecule has 0 spiro atoms. The normalized spacial score (nSPS) is 10.9. The van der Waals surface area contributed by atoms with Crippen molar-refractivity contribution in [3.8, 4) is 0 Å². The Hall–Kier alpha value is -3.41. The Labute approximate surface area is 145 Å². The number of carboxylic acid groups (broad SMARTS) is 1. The van der Waals surface area contributed by atoms with Crippen molar-refractivity contribution in [1.29, 1.82) is 0 Å². The number of hydrogen-bond donors (Lipinski definition) is 3. The number of rotatable bonds is 5. The summed E-state index contributed by atoms with van der Waals surface area (Å²) < 4.78 is 0. The highest BCUT2D eigenvalue weighted by Gasteiger charge is 2.12. The molecule has 6 heteroatoms. The summed E-state index contributed by atoms with van der Waals surface area (Å²) in [6.45, 7) is 2.79. The number of carbonyl (C=O) groups is 3. The van der Waals surface area contributed by atoms with Crippen LogP contribution in [0.2, 0.25) is 0 Å². The molecule has 0 radical (unpaired) electrons. The van der Waals surface area contributed by atoms with E-state index in [1.807, 2.05) is 0 Å². The summed E-state index contributed by atoms with van der Waals surface area (Å²) in [4.78, 5) is 34.0. The SMILES string of the molecule is CC(=O)Nc1ccc(/C(=C\c2ccccc2NC(C)=O)C(=O)O)cc1. The zero-order valence-electron chi connectivity index (χ0n) is 13.9. The highest BCUT2D eigenvalue weighted by atomic mass is 16.4. The fourth-order valence-electron chi connectivity index (χ4n) is 2.29. The van der Waals surface area contributed by atoms with Crippen LogP contribution < -0.4 is 10.6 Å². The third-order valence-electron chi connectivity index (χ3n) is 3.32. The fraction of sp³-hybridized carbons (Fsp3) is 0.105. The zero-order chi connectivity index (χ0) is 18.4. The first kappa shape index (κ1) is 17.9. The van der Waals surface area contributed by atoms with E-state index in [2.05, 4.69) is 10.6 Å². The van der Waals surface area contributed by atoms with E-state index in [1.165, 1.54) is 19.9 Å². The van der Waals surface area contributed by atoms with Crippen molar-refractivity contribution in [3.05, 3.63) is 59.7 Å². The molecular weight excluding hydrogens is 320 g/mol. The second kappa shape index (κ2) is 7.92. The Bertz CT molecular complexity index is 839. The lowest BCUT2D eigenvalue weighted by molar-refractivity contribution is -0.130. The first-order valence-electron chi connectivity index (χ1n) is 7.56. The van der Waals surface area contributed by atoms with Gasteiger partial charge >= 0.3 is 5.97 Å². The van der Waals surface area contributed by atoms with E-state index in [1.54, 1.807) is 48.5 Å². The molecule has 0 saturated heterocycles. The summed E-state index contributed by atoms with van der Waals surface area (Å²) in [5.74, 6) is -1.53. The minimum absolute atomic E-state index is 0.0761. The summed E-state index contributed by atoms with van der Waals surface area (Å²) in [6.07, 6.45) is 1.50. The monoisotopic (exact) mass is 338 g/mol. The summed E-state index contributed by atoms with van der Waals surface area (Å²) in [5, 5.41) is 14.9. The van der Waals surface area contributed by atoms with Crippen LogP contribution in [0.15, 0.2) is 48.5 Å². The average Bonchev–Trinajstić information content (AvgIpc) is 2.53. The molecule has 0 saturated carbocycles. The van der Waals surface area contributed by atoms with Crippen molar-refractivity contribution in [2.24, 2.45) is 0 Å². The number of hydrogen-bond acceptors (Lipinski definition) is 3. The lowest BCUT2D eigenvalue weighted by Gasteiger charge is -2.09. The first-order chi connectivity index (χ1) is 11.9. The van der Waals surface area contributed by atoms with E-state index in [0.29, 0.717) is 22.5 Å². The van der Waals surface area contributed by atoms with E-state index in [4.69, 9.17) is 0 Å². The lowest BCUT2D eigenvalue weighted by Crippen LogP contribution is -2.07. The van der Waals surface area contributed by atoms with Crippen LogP contribution in [0.3, 0.4) is 0 Å². The molecule has 0 bridgehead atoms. The fourth-order valence-corrected chi connectivity index (χ4v) is 2.29. The van der Waals surface area contributed by atoms with Crippen molar-refractivity contribution >= 4 is 40.8 Å². The zero-order valence-corrected chi connectivity index (χ0v) is 13.9. The molecule has 0 aliphatic heterocycles. The maximum atomic E-state index is 11.7. The van der Waals surface area contributed by atoms with Crippen LogP contribution in [0.1, 0.15) is 25.0 Å². The lowest BCUT2D eigenvalue weighted by atomic mass is 10.0. The van der Waals surface area contributed by atoms with E-state index in [0.717, 1.165) is 0 Å². The molecule has 2 rings (SSSR count). The Kier molecular flexibility index (Phi) is 5.68. The van der Waals surface area contributed by atoms with Gasteiger partial charge in [0.2, 0.25) is 11.8 Å². The van der Waals surface area contributed by atoms with E-state index < -0.39 is 5.97 Å². The maximum absolute atomic E-state index is 11.7. The Balaban J connectivity index is 2.42. The summed E-state index contributed by atoms with van der Waals surface area (Å²) in [5.41, 5.74) is 2.26. The largest absolute Gasteiger partial charge is 0.478 e. The molecular formula is C19H18N2O4. The predicted octanol–water partition coefficient (Wildman–Crippen LogP) is 3.23. The molecule has 0 aliphatic rings. The molecule has 2 amide bonds. The van der Waals surface area contributed by atoms with Crippen molar-refractivity contribution in [1.82, 2.24) is 0 Å². The van der Waals surface area contributed by atoms with Gasteiger partial charge in [-0.05, 0) is 35.4 Å². The third kappa shape index (κ3) is 5.04. The topological polar surface area (TPSA) is 95.5 Å². The number of benzene rings is 2. The quantitative estimate of drug-likeness (QED) is 0.576. The minimum atomic E-state index is -1.09. The minimum Gasteiger partial charge on any atom is -0.478 e. The van der Waals surface area contributed by atoms with Crippen LogP contribution >= 0.6 is 0 Å². The Morgan fingerprint density at radius 1 is 0.880 bits per heavy atom. The number of anilines is 2. The van der Waals surface area contributed by atoms with E-state index in [-0.39, 0.29) is 17.4 Å². The molecule has 128 valence electrons. The van der Waals surface area contributed by atoms with Gasteiger partial charge in [0.15, 0.2) is 0 Å². The molecule has 0 atom stereocenters. The molecule has 3 N–H and O–H groups in total. The van der Waals surface area contributed by atoms with Gasteiger partial charge in [-0.3, -0.25) is 9.59 Å². The van der Waals surface area contributed by atoms with Gasteiger partial charge in [-0.1, -0.05) is 30.3 Å². The van der Waals surface area contributed by atoms with Crippen molar-refractivity contribution in [3.63, 3.8) is 0 Å². The van der Waals surface area contributed by atoms with Gasteiger partial charge in [-0.15, -0.1) is 0 Å². The number of carboxylic acids is 1. The molecule has 0 aromatic heterocycles. The van der Waals surface area contributed by atoms with Gasteiger partial charge in [-0.2, -0.15) is 0 Å². The maximum Gasteiger partial charge on any atom is 0.336 e. The van der Waals surface area contributed by atoms with Crippen LogP contribution in [0.25, 0.3) is 11.6 Å². The van der Waals surface area contributed by atoms with Gasteiger partial charge in [0.25, 0.3) is 0 Å². The van der Waals surface area contributed by atoms with Crippen LogP contribution in [-0.4, -0.2) is 22.9 Å². The smallest absolute Gasteiger partial charge is 0.336 e. The van der Waals surface area contributed by atoms with Crippen LogP contribution in [0.4, 0.5) is 11.4 Å². The Morgan fingerprint density at radius 3 is 2.04 bits per heavy atom.